The van der Waals surface area contributed by atoms with Gasteiger partial charge in [0.15, 0.2) is 0 Å². The molecule has 1 unspecified atom stereocenters. The topological polar surface area (TPSA) is 15.3 Å². The van der Waals surface area contributed by atoms with Crippen LogP contribution in [0.2, 0.25) is 0 Å². The molecular weight excluding hydrogens is 172 g/mol. The summed E-state index contributed by atoms with van der Waals surface area (Å²) in [5.74, 6) is 0. The number of rotatable bonds is 4. The molecule has 1 aliphatic heterocycles. The molecule has 1 aliphatic rings. The molecule has 1 N–H and O–H groups in total. The van der Waals surface area contributed by atoms with Gasteiger partial charge in [-0.2, -0.15) is 0 Å². The Labute approximate surface area is 88.4 Å². The smallest absolute Gasteiger partial charge is 0.0253 e. The van der Waals surface area contributed by atoms with Gasteiger partial charge < -0.3 is 5.32 Å². The first kappa shape index (κ1) is 11.7. The maximum absolute atomic E-state index is 3.84. The minimum atomic E-state index is 0.257. The molecule has 1 atom stereocenters. The Balaban J connectivity index is 2.55. The summed E-state index contributed by atoms with van der Waals surface area (Å²) in [6.45, 7) is 13.9. The predicted molar refractivity (Wildman–Crippen MR) is 62.5 cm³/mol. The fraction of sp³-hybridized carbons (Fsp3) is 0.833. The van der Waals surface area contributed by atoms with E-state index in [-0.39, 0.29) is 5.54 Å². The molecule has 0 amide bonds. The lowest BCUT2D eigenvalue weighted by Crippen LogP contribution is -2.61. The average molecular weight is 196 g/mol. The van der Waals surface area contributed by atoms with Crippen LogP contribution in [0.4, 0.5) is 0 Å². The number of nitrogens with one attached hydrogen (secondary N) is 1. The number of hydrogen-bond acceptors (Lipinski definition) is 2. The highest BCUT2D eigenvalue weighted by molar-refractivity contribution is 4.94. The number of piperazine rings is 1. The first-order chi connectivity index (χ1) is 6.59. The molecular formula is C12H24N2. The molecule has 0 bridgehead atoms. The van der Waals surface area contributed by atoms with Crippen molar-refractivity contribution in [3.8, 4) is 0 Å². The zero-order valence-corrected chi connectivity index (χ0v) is 9.84. The molecule has 82 valence electrons. The van der Waals surface area contributed by atoms with Crippen LogP contribution in [0.3, 0.4) is 0 Å². The third-order valence-electron chi connectivity index (χ3n) is 2.92. The van der Waals surface area contributed by atoms with Crippen LogP contribution < -0.4 is 5.32 Å². The molecule has 0 aromatic rings. The summed E-state index contributed by atoms with van der Waals surface area (Å²) in [4.78, 5) is 2.55. The third-order valence-corrected chi connectivity index (χ3v) is 2.92. The Bertz CT molecular complexity index is 187. The van der Waals surface area contributed by atoms with Gasteiger partial charge in [-0.1, -0.05) is 19.4 Å². The van der Waals surface area contributed by atoms with Crippen LogP contribution in [0.25, 0.3) is 0 Å². The summed E-state index contributed by atoms with van der Waals surface area (Å²) >= 11 is 0. The monoisotopic (exact) mass is 196 g/mol. The Morgan fingerprint density at radius 3 is 2.86 bits per heavy atom. The zero-order valence-electron chi connectivity index (χ0n) is 9.84. The number of hydrogen-bond donors (Lipinski definition) is 1. The van der Waals surface area contributed by atoms with E-state index < -0.39 is 0 Å². The SMILES string of the molecule is C=CCN1CC(C)(C)NCC1CCC. The predicted octanol–water partition coefficient (Wildman–Crippen LogP) is 2.02. The van der Waals surface area contributed by atoms with E-state index in [2.05, 4.69) is 37.6 Å². The van der Waals surface area contributed by atoms with Gasteiger partial charge in [0.25, 0.3) is 0 Å². The largest absolute Gasteiger partial charge is 0.309 e. The van der Waals surface area contributed by atoms with Crippen molar-refractivity contribution < 1.29 is 0 Å². The second-order valence-electron chi connectivity index (χ2n) is 4.93. The van der Waals surface area contributed by atoms with Gasteiger partial charge in [0.05, 0.1) is 0 Å². The molecule has 0 aliphatic carbocycles. The van der Waals surface area contributed by atoms with Gasteiger partial charge in [0.1, 0.15) is 0 Å². The Kier molecular flexibility index (Phi) is 4.14. The Hall–Kier alpha value is -0.340. The van der Waals surface area contributed by atoms with Crippen molar-refractivity contribution in [1.29, 1.82) is 0 Å². The van der Waals surface area contributed by atoms with E-state index in [4.69, 9.17) is 0 Å². The van der Waals surface area contributed by atoms with Crippen molar-refractivity contribution in [2.24, 2.45) is 0 Å². The molecule has 1 heterocycles. The number of nitrogens with zero attached hydrogens (tertiary/aromatic N) is 1. The molecule has 1 rings (SSSR count). The molecule has 14 heavy (non-hydrogen) atoms. The van der Waals surface area contributed by atoms with Crippen molar-refractivity contribution in [2.75, 3.05) is 19.6 Å². The molecule has 2 nitrogen and oxygen atoms in total. The van der Waals surface area contributed by atoms with E-state index in [1.807, 2.05) is 6.08 Å². The molecule has 0 radical (unpaired) electrons. The van der Waals surface area contributed by atoms with Crippen LogP contribution in [0.5, 0.6) is 0 Å². The van der Waals surface area contributed by atoms with Crippen molar-refractivity contribution in [3.63, 3.8) is 0 Å². The van der Waals surface area contributed by atoms with Gasteiger partial charge in [-0.3, -0.25) is 4.90 Å². The lowest BCUT2D eigenvalue weighted by molar-refractivity contribution is 0.102. The van der Waals surface area contributed by atoms with Crippen LogP contribution in [0, 0.1) is 0 Å². The van der Waals surface area contributed by atoms with E-state index in [1.165, 1.54) is 12.8 Å². The molecule has 2 heteroatoms. The van der Waals surface area contributed by atoms with Crippen LogP contribution >= 0.6 is 0 Å². The fourth-order valence-electron chi connectivity index (χ4n) is 2.21. The summed E-state index contributed by atoms with van der Waals surface area (Å²) in [5, 5.41) is 3.61. The maximum atomic E-state index is 3.84. The second-order valence-corrected chi connectivity index (χ2v) is 4.93. The van der Waals surface area contributed by atoms with Gasteiger partial charge in [0, 0.05) is 31.2 Å². The van der Waals surface area contributed by atoms with Crippen LogP contribution in [-0.2, 0) is 0 Å². The van der Waals surface area contributed by atoms with E-state index in [9.17, 15) is 0 Å². The second kappa shape index (κ2) is 4.94. The van der Waals surface area contributed by atoms with E-state index in [0.717, 1.165) is 19.6 Å². The van der Waals surface area contributed by atoms with Gasteiger partial charge in [-0.25, -0.2) is 0 Å². The Morgan fingerprint density at radius 1 is 1.57 bits per heavy atom. The van der Waals surface area contributed by atoms with E-state index in [0.29, 0.717) is 6.04 Å². The van der Waals surface area contributed by atoms with Crippen molar-refractivity contribution in [1.82, 2.24) is 10.2 Å². The molecule has 0 saturated carbocycles. The van der Waals surface area contributed by atoms with Crippen molar-refractivity contribution in [2.45, 2.75) is 45.2 Å². The third kappa shape index (κ3) is 3.10. The molecule has 1 saturated heterocycles. The van der Waals surface area contributed by atoms with Gasteiger partial charge >= 0.3 is 0 Å². The average Bonchev–Trinajstić information content (AvgIpc) is 2.10. The van der Waals surface area contributed by atoms with Gasteiger partial charge in [-0.05, 0) is 20.3 Å². The summed E-state index contributed by atoms with van der Waals surface area (Å²) in [6.07, 6.45) is 4.57. The van der Waals surface area contributed by atoms with Gasteiger partial charge in [0.2, 0.25) is 0 Å². The first-order valence-electron chi connectivity index (χ1n) is 5.69. The van der Waals surface area contributed by atoms with Crippen LogP contribution in [0.1, 0.15) is 33.6 Å². The highest BCUT2D eigenvalue weighted by atomic mass is 15.2. The molecule has 0 aromatic carbocycles. The summed E-state index contributed by atoms with van der Waals surface area (Å²) < 4.78 is 0. The minimum absolute atomic E-state index is 0.257. The lowest BCUT2D eigenvalue weighted by Gasteiger charge is -2.44. The van der Waals surface area contributed by atoms with Crippen LogP contribution in [-0.4, -0.2) is 36.1 Å². The first-order valence-corrected chi connectivity index (χ1v) is 5.69. The molecule has 1 fully saturated rings. The Morgan fingerprint density at radius 2 is 2.29 bits per heavy atom. The highest BCUT2D eigenvalue weighted by Crippen LogP contribution is 2.17. The molecule has 0 spiro atoms. The standard InChI is InChI=1S/C12H24N2/c1-5-7-11-9-13-12(3,4)10-14(11)8-6-2/h6,11,13H,2,5,7-10H2,1,3-4H3. The zero-order chi connectivity index (χ0) is 10.6. The van der Waals surface area contributed by atoms with Crippen molar-refractivity contribution >= 4 is 0 Å². The molecule has 0 aromatic heterocycles. The van der Waals surface area contributed by atoms with E-state index in [1.54, 1.807) is 0 Å². The minimum Gasteiger partial charge on any atom is -0.309 e. The fourth-order valence-corrected chi connectivity index (χ4v) is 2.21. The van der Waals surface area contributed by atoms with Crippen LogP contribution in [0.15, 0.2) is 12.7 Å². The summed E-state index contributed by atoms with van der Waals surface area (Å²) in [7, 11) is 0. The quantitative estimate of drug-likeness (QED) is 0.692. The van der Waals surface area contributed by atoms with Crippen molar-refractivity contribution in [3.05, 3.63) is 12.7 Å². The maximum Gasteiger partial charge on any atom is 0.0253 e. The normalized spacial score (nSPS) is 27.5. The van der Waals surface area contributed by atoms with E-state index >= 15 is 0 Å². The van der Waals surface area contributed by atoms with Gasteiger partial charge in [-0.15, -0.1) is 6.58 Å². The summed E-state index contributed by atoms with van der Waals surface area (Å²) in [5.41, 5.74) is 0.257. The lowest BCUT2D eigenvalue weighted by atomic mass is 9.97. The summed E-state index contributed by atoms with van der Waals surface area (Å²) in [6, 6.07) is 0.700. The highest BCUT2D eigenvalue weighted by Gasteiger charge is 2.30.